The number of ether oxygens (including phenoxy) is 2. The highest BCUT2D eigenvalue weighted by Gasteiger charge is 2.21. The number of alkyl carbamates (subject to hydrolysis) is 1. The summed E-state index contributed by atoms with van der Waals surface area (Å²) in [6.07, 6.45) is -0.340. The highest BCUT2D eigenvalue weighted by atomic mass is 16.5. The summed E-state index contributed by atoms with van der Waals surface area (Å²) in [7, 11) is 0. The molecule has 25 heavy (non-hydrogen) atoms. The van der Waals surface area contributed by atoms with Crippen molar-refractivity contribution in [1.82, 2.24) is 5.32 Å². The van der Waals surface area contributed by atoms with Gasteiger partial charge in [-0.25, -0.2) is 9.59 Å². The number of nitrogens with one attached hydrogen (secondary N) is 1. The molecule has 0 bridgehead atoms. The fraction of sp³-hybridized carbons (Fsp3) is 0.500. The number of carboxylic acid groups (broad SMARTS) is 1. The van der Waals surface area contributed by atoms with Gasteiger partial charge in [-0.3, -0.25) is 4.79 Å². The Hall–Kier alpha value is -2.57. The average molecular weight is 353 g/mol. The van der Waals surface area contributed by atoms with Crippen molar-refractivity contribution in [2.24, 2.45) is 5.92 Å². The van der Waals surface area contributed by atoms with E-state index in [0.29, 0.717) is 13.0 Å². The Bertz CT molecular complexity index is 530. The van der Waals surface area contributed by atoms with E-state index in [2.05, 4.69) is 10.1 Å². The zero-order valence-electron chi connectivity index (χ0n) is 15.2. The summed E-state index contributed by atoms with van der Waals surface area (Å²) < 4.78 is 9.38. The zero-order chi connectivity index (χ0) is 19.2. The highest BCUT2D eigenvalue weighted by Crippen LogP contribution is 2.06. The van der Waals surface area contributed by atoms with Crippen LogP contribution in [0.5, 0.6) is 0 Å². The molecule has 2 N–H and O–H groups in total. The van der Waals surface area contributed by atoms with Crippen LogP contribution >= 0.6 is 0 Å². The number of rotatable bonds is 7. The lowest BCUT2D eigenvalue weighted by molar-refractivity contribution is -0.141. The molecular weight excluding hydrogens is 326 g/mol. The summed E-state index contributed by atoms with van der Waals surface area (Å²) in [4.78, 5) is 32.3. The number of aliphatic carboxylic acids is 1. The van der Waals surface area contributed by atoms with Gasteiger partial charge in [-0.1, -0.05) is 44.2 Å². The van der Waals surface area contributed by atoms with Crippen LogP contribution in [0.15, 0.2) is 30.3 Å². The summed E-state index contributed by atoms with van der Waals surface area (Å²) in [6, 6.07) is 8.30. The zero-order valence-corrected chi connectivity index (χ0v) is 15.2. The number of amides is 1. The predicted octanol–water partition coefficient (Wildman–Crippen LogP) is 2.98. The largest absolute Gasteiger partial charge is 0.480 e. The van der Waals surface area contributed by atoms with E-state index in [0.717, 1.165) is 5.56 Å². The molecule has 0 aliphatic rings. The molecule has 0 aromatic heterocycles. The van der Waals surface area contributed by atoms with E-state index in [1.807, 2.05) is 44.2 Å². The second-order valence-corrected chi connectivity index (χ2v) is 5.65. The van der Waals surface area contributed by atoms with Crippen LogP contribution in [-0.4, -0.2) is 35.8 Å². The minimum absolute atomic E-state index is 0.126. The quantitative estimate of drug-likeness (QED) is 0.731. The molecule has 0 heterocycles. The molecule has 7 nitrogen and oxygen atoms in total. The molecule has 7 heteroatoms. The minimum atomic E-state index is -1.05. The highest BCUT2D eigenvalue weighted by molar-refractivity contribution is 5.79. The molecule has 0 aliphatic carbocycles. The van der Waals surface area contributed by atoms with Crippen molar-refractivity contribution in [2.45, 2.75) is 46.8 Å². The molecule has 1 aromatic carbocycles. The number of benzene rings is 1. The van der Waals surface area contributed by atoms with Crippen molar-refractivity contribution < 1.29 is 29.0 Å². The maximum Gasteiger partial charge on any atom is 0.408 e. The van der Waals surface area contributed by atoms with Gasteiger partial charge < -0.3 is 19.9 Å². The summed E-state index contributed by atoms with van der Waals surface area (Å²) in [5, 5.41) is 11.3. The lowest BCUT2D eigenvalue weighted by Crippen LogP contribution is -2.41. The second kappa shape index (κ2) is 12.8. The Morgan fingerprint density at radius 3 is 2.12 bits per heavy atom. The third kappa shape index (κ3) is 12.5. The van der Waals surface area contributed by atoms with Gasteiger partial charge in [-0.15, -0.1) is 0 Å². The Labute approximate surface area is 148 Å². The van der Waals surface area contributed by atoms with Crippen LogP contribution in [0.1, 0.15) is 39.7 Å². The van der Waals surface area contributed by atoms with Gasteiger partial charge >= 0.3 is 18.0 Å². The van der Waals surface area contributed by atoms with Crippen molar-refractivity contribution in [3.8, 4) is 0 Å². The number of hydrogen-bond donors (Lipinski definition) is 2. The van der Waals surface area contributed by atoms with Crippen LogP contribution in [0.4, 0.5) is 4.79 Å². The number of carbonyl (C=O) groups is 3. The molecule has 0 fully saturated rings. The summed E-state index contributed by atoms with van der Waals surface area (Å²) in [6.45, 7) is 7.57. The van der Waals surface area contributed by atoms with Gasteiger partial charge in [-0.05, 0) is 24.8 Å². The topological polar surface area (TPSA) is 102 Å². The van der Waals surface area contributed by atoms with E-state index in [9.17, 15) is 14.4 Å². The van der Waals surface area contributed by atoms with E-state index in [4.69, 9.17) is 9.84 Å². The third-order valence-corrected chi connectivity index (χ3v) is 2.86. The monoisotopic (exact) mass is 353 g/mol. The first-order valence-corrected chi connectivity index (χ1v) is 8.09. The average Bonchev–Trinajstić information content (AvgIpc) is 2.53. The van der Waals surface area contributed by atoms with Gasteiger partial charge in [0.1, 0.15) is 12.6 Å². The Morgan fingerprint density at radius 2 is 1.72 bits per heavy atom. The number of carboxylic acids is 1. The summed E-state index contributed by atoms with van der Waals surface area (Å²) >= 11 is 0. The SMILES string of the molecule is CC(C)C[C@H](NC(=O)OCc1ccccc1)C(=O)O.CCOC(C)=O. The Morgan fingerprint density at radius 1 is 1.12 bits per heavy atom. The van der Waals surface area contributed by atoms with Crippen LogP contribution in [0, 0.1) is 5.92 Å². The predicted molar refractivity (Wildman–Crippen MR) is 92.9 cm³/mol. The van der Waals surface area contributed by atoms with Crippen molar-refractivity contribution in [2.75, 3.05) is 6.61 Å². The fourth-order valence-corrected chi connectivity index (χ4v) is 1.80. The number of hydrogen-bond acceptors (Lipinski definition) is 5. The second-order valence-electron chi connectivity index (χ2n) is 5.65. The van der Waals surface area contributed by atoms with Crippen LogP contribution < -0.4 is 5.32 Å². The van der Waals surface area contributed by atoms with Crippen LogP contribution in [0.25, 0.3) is 0 Å². The molecule has 1 atom stereocenters. The lowest BCUT2D eigenvalue weighted by Gasteiger charge is -2.16. The Balaban J connectivity index is 0.000000823. The van der Waals surface area contributed by atoms with Crippen LogP contribution in [0.2, 0.25) is 0 Å². The Kier molecular flexibility index (Phi) is 11.5. The molecule has 1 amide bonds. The third-order valence-electron chi connectivity index (χ3n) is 2.86. The molecule has 0 saturated carbocycles. The van der Waals surface area contributed by atoms with Crippen molar-refractivity contribution >= 4 is 18.0 Å². The van der Waals surface area contributed by atoms with Gasteiger partial charge in [0.25, 0.3) is 0 Å². The van der Waals surface area contributed by atoms with Crippen molar-refractivity contribution in [1.29, 1.82) is 0 Å². The first-order chi connectivity index (χ1) is 11.8. The van der Waals surface area contributed by atoms with Crippen molar-refractivity contribution in [3.63, 3.8) is 0 Å². The molecular formula is C18H27NO6. The van der Waals surface area contributed by atoms with Gasteiger partial charge in [0.2, 0.25) is 0 Å². The standard InChI is InChI=1S/C14H19NO4.C4H8O2/c1-10(2)8-12(13(16)17)15-14(18)19-9-11-6-4-3-5-7-11;1-3-6-4(2)5/h3-7,10,12H,8-9H2,1-2H3,(H,15,18)(H,16,17);3H2,1-2H3/t12-;/m0./s1. The van der Waals surface area contributed by atoms with Gasteiger partial charge in [0.05, 0.1) is 6.61 Å². The lowest BCUT2D eigenvalue weighted by atomic mass is 10.0. The minimum Gasteiger partial charge on any atom is -0.480 e. The van der Waals surface area contributed by atoms with E-state index in [1.54, 1.807) is 6.92 Å². The fourth-order valence-electron chi connectivity index (χ4n) is 1.80. The van der Waals surface area contributed by atoms with Gasteiger partial charge in [0, 0.05) is 6.92 Å². The van der Waals surface area contributed by atoms with E-state index in [-0.39, 0.29) is 18.5 Å². The van der Waals surface area contributed by atoms with E-state index in [1.165, 1.54) is 6.92 Å². The normalized spacial score (nSPS) is 10.9. The summed E-state index contributed by atoms with van der Waals surface area (Å²) in [5.41, 5.74) is 0.855. The first-order valence-electron chi connectivity index (χ1n) is 8.09. The molecule has 0 unspecified atom stereocenters. The molecule has 0 saturated heterocycles. The maximum atomic E-state index is 11.5. The van der Waals surface area contributed by atoms with Gasteiger partial charge in [0.15, 0.2) is 0 Å². The molecule has 0 spiro atoms. The molecule has 0 radical (unpaired) electrons. The van der Waals surface area contributed by atoms with E-state index >= 15 is 0 Å². The molecule has 1 aromatic rings. The first kappa shape index (κ1) is 22.4. The van der Waals surface area contributed by atoms with Crippen molar-refractivity contribution in [3.05, 3.63) is 35.9 Å². The number of esters is 1. The maximum absolute atomic E-state index is 11.5. The summed E-state index contributed by atoms with van der Waals surface area (Å²) in [5.74, 6) is -1.08. The molecule has 0 aliphatic heterocycles. The van der Waals surface area contributed by atoms with Gasteiger partial charge in [-0.2, -0.15) is 0 Å². The smallest absolute Gasteiger partial charge is 0.408 e. The van der Waals surface area contributed by atoms with Crippen LogP contribution in [-0.2, 0) is 25.7 Å². The van der Waals surface area contributed by atoms with E-state index < -0.39 is 18.1 Å². The molecule has 140 valence electrons. The van der Waals surface area contributed by atoms with Crippen LogP contribution in [0.3, 0.4) is 0 Å². The number of carbonyl (C=O) groups excluding carboxylic acids is 2. The molecule has 1 rings (SSSR count).